The molecular formula is C15H17NO2. The highest BCUT2D eigenvalue weighted by Gasteiger charge is 2.33. The van der Waals surface area contributed by atoms with Gasteiger partial charge in [-0.2, -0.15) is 0 Å². The van der Waals surface area contributed by atoms with E-state index in [2.05, 4.69) is 6.92 Å². The van der Waals surface area contributed by atoms with Crippen LogP contribution in [0.2, 0.25) is 0 Å². The number of rotatable bonds is 3. The highest BCUT2D eigenvalue weighted by molar-refractivity contribution is 5.95. The van der Waals surface area contributed by atoms with Crippen molar-refractivity contribution in [3.63, 3.8) is 0 Å². The summed E-state index contributed by atoms with van der Waals surface area (Å²) in [6.07, 6.45) is 1.18. The summed E-state index contributed by atoms with van der Waals surface area (Å²) in [5.74, 6) is 1.07. The van der Waals surface area contributed by atoms with Gasteiger partial charge in [-0.1, -0.05) is 25.1 Å². The summed E-state index contributed by atoms with van der Waals surface area (Å²) in [6.45, 7) is 2.75. The zero-order chi connectivity index (χ0) is 12.7. The minimum atomic E-state index is -0.215. The van der Waals surface area contributed by atoms with Crippen molar-refractivity contribution in [3.05, 3.63) is 36.0 Å². The molecule has 0 radical (unpaired) electrons. The number of fused-ring (bicyclic) bond motifs is 1. The predicted molar refractivity (Wildman–Crippen MR) is 70.5 cm³/mol. The van der Waals surface area contributed by atoms with Gasteiger partial charge in [-0.15, -0.1) is 0 Å². The Kier molecular flexibility index (Phi) is 2.62. The quantitative estimate of drug-likeness (QED) is 0.776. The molecule has 0 saturated heterocycles. The molecule has 1 aromatic carbocycles. The van der Waals surface area contributed by atoms with Crippen molar-refractivity contribution < 1.29 is 9.53 Å². The molecule has 2 atom stereocenters. The Bertz CT molecular complexity index is 600. The molecule has 3 nitrogen and oxygen atoms in total. The summed E-state index contributed by atoms with van der Waals surface area (Å²) >= 11 is 0. The van der Waals surface area contributed by atoms with Gasteiger partial charge >= 0.3 is 5.97 Å². The molecule has 18 heavy (non-hydrogen) atoms. The van der Waals surface area contributed by atoms with Gasteiger partial charge in [-0.3, -0.25) is 0 Å². The first-order valence-corrected chi connectivity index (χ1v) is 6.38. The van der Waals surface area contributed by atoms with Crippen LogP contribution in [0.5, 0.6) is 0 Å². The van der Waals surface area contributed by atoms with Crippen molar-refractivity contribution in [1.29, 1.82) is 0 Å². The SMILES string of the molecule is CC1CC1COC(=O)c1cc2ccccc2n1C. The Balaban J connectivity index is 1.80. The average Bonchev–Trinajstić information content (AvgIpc) is 2.98. The molecule has 0 N–H and O–H groups in total. The van der Waals surface area contributed by atoms with E-state index in [4.69, 9.17) is 4.74 Å². The fourth-order valence-corrected chi connectivity index (χ4v) is 2.37. The molecule has 0 bridgehead atoms. The minimum absolute atomic E-state index is 0.215. The number of aromatic nitrogens is 1. The molecular weight excluding hydrogens is 226 g/mol. The Morgan fingerprint density at radius 3 is 2.83 bits per heavy atom. The van der Waals surface area contributed by atoms with Crippen LogP contribution in [0.3, 0.4) is 0 Å². The number of hydrogen-bond acceptors (Lipinski definition) is 2. The lowest BCUT2D eigenvalue weighted by molar-refractivity contribution is 0.0471. The lowest BCUT2D eigenvalue weighted by atomic mass is 10.2. The van der Waals surface area contributed by atoms with Crippen LogP contribution in [-0.4, -0.2) is 17.1 Å². The molecule has 1 aromatic heterocycles. The van der Waals surface area contributed by atoms with Crippen molar-refractivity contribution in [1.82, 2.24) is 4.57 Å². The molecule has 1 heterocycles. The minimum Gasteiger partial charge on any atom is -0.461 e. The topological polar surface area (TPSA) is 31.2 Å². The van der Waals surface area contributed by atoms with Crippen LogP contribution in [0.1, 0.15) is 23.8 Å². The molecule has 3 heteroatoms. The number of ether oxygens (including phenoxy) is 1. The van der Waals surface area contributed by atoms with Gasteiger partial charge in [0.25, 0.3) is 0 Å². The number of aryl methyl sites for hydroxylation is 1. The third-order valence-electron chi connectivity index (χ3n) is 3.87. The van der Waals surface area contributed by atoms with E-state index >= 15 is 0 Å². The zero-order valence-electron chi connectivity index (χ0n) is 10.7. The predicted octanol–water partition coefficient (Wildman–Crippen LogP) is 2.99. The van der Waals surface area contributed by atoms with Crippen LogP contribution in [0.25, 0.3) is 10.9 Å². The van der Waals surface area contributed by atoms with Gasteiger partial charge in [0.1, 0.15) is 5.69 Å². The molecule has 94 valence electrons. The van der Waals surface area contributed by atoms with Crippen LogP contribution in [-0.2, 0) is 11.8 Å². The van der Waals surface area contributed by atoms with E-state index in [1.807, 2.05) is 41.9 Å². The maximum absolute atomic E-state index is 12.0. The normalized spacial score (nSPS) is 22.1. The lowest BCUT2D eigenvalue weighted by Gasteiger charge is -2.05. The summed E-state index contributed by atoms with van der Waals surface area (Å²) < 4.78 is 7.27. The molecule has 1 aliphatic carbocycles. The van der Waals surface area contributed by atoms with Crippen molar-refractivity contribution in [3.8, 4) is 0 Å². The third kappa shape index (κ3) is 1.90. The summed E-state index contributed by atoms with van der Waals surface area (Å²) in [4.78, 5) is 12.0. The van der Waals surface area contributed by atoms with Crippen LogP contribution < -0.4 is 0 Å². The van der Waals surface area contributed by atoms with E-state index in [1.54, 1.807) is 0 Å². The van der Waals surface area contributed by atoms with Crippen molar-refractivity contribution >= 4 is 16.9 Å². The number of esters is 1. The maximum Gasteiger partial charge on any atom is 0.354 e. The van der Waals surface area contributed by atoms with Crippen LogP contribution in [0, 0.1) is 11.8 Å². The van der Waals surface area contributed by atoms with Crippen molar-refractivity contribution in [2.75, 3.05) is 6.61 Å². The number of carbonyl (C=O) groups is 1. The van der Waals surface area contributed by atoms with Crippen molar-refractivity contribution in [2.24, 2.45) is 18.9 Å². The van der Waals surface area contributed by atoms with E-state index in [0.717, 1.165) is 10.9 Å². The maximum atomic E-state index is 12.0. The van der Waals surface area contributed by atoms with Crippen LogP contribution >= 0.6 is 0 Å². The van der Waals surface area contributed by atoms with Gasteiger partial charge in [0, 0.05) is 18.0 Å². The molecule has 2 aromatic rings. The molecule has 0 aliphatic heterocycles. The van der Waals surface area contributed by atoms with Gasteiger partial charge < -0.3 is 9.30 Å². The standard InChI is InChI=1S/C15H17NO2/c1-10-7-12(10)9-18-15(17)14-8-11-5-3-4-6-13(11)16(14)2/h3-6,8,10,12H,7,9H2,1-2H3. The number of carbonyl (C=O) groups excluding carboxylic acids is 1. The Morgan fingerprint density at radius 2 is 2.17 bits per heavy atom. The monoisotopic (exact) mass is 243 g/mol. The Labute approximate surface area is 106 Å². The lowest BCUT2D eigenvalue weighted by Crippen LogP contribution is -2.11. The first kappa shape index (κ1) is 11.3. The Hall–Kier alpha value is -1.77. The fraction of sp³-hybridized carbons (Fsp3) is 0.400. The molecule has 1 saturated carbocycles. The third-order valence-corrected chi connectivity index (χ3v) is 3.87. The van der Waals surface area contributed by atoms with Gasteiger partial charge in [0.15, 0.2) is 0 Å². The highest BCUT2D eigenvalue weighted by Crippen LogP contribution is 2.37. The fourth-order valence-electron chi connectivity index (χ4n) is 2.37. The van der Waals surface area contributed by atoms with E-state index in [1.165, 1.54) is 6.42 Å². The van der Waals surface area contributed by atoms with Crippen LogP contribution in [0.4, 0.5) is 0 Å². The summed E-state index contributed by atoms with van der Waals surface area (Å²) in [6, 6.07) is 9.87. The van der Waals surface area contributed by atoms with Crippen LogP contribution in [0.15, 0.2) is 30.3 Å². The van der Waals surface area contributed by atoms with E-state index in [-0.39, 0.29) is 5.97 Å². The highest BCUT2D eigenvalue weighted by atomic mass is 16.5. The van der Waals surface area contributed by atoms with E-state index in [9.17, 15) is 4.79 Å². The smallest absolute Gasteiger partial charge is 0.354 e. The van der Waals surface area contributed by atoms with Gasteiger partial charge in [0.2, 0.25) is 0 Å². The van der Waals surface area contributed by atoms with Gasteiger partial charge in [-0.25, -0.2) is 4.79 Å². The molecule has 1 fully saturated rings. The van der Waals surface area contributed by atoms with Gasteiger partial charge in [0.05, 0.1) is 6.61 Å². The number of benzene rings is 1. The first-order chi connectivity index (χ1) is 8.66. The van der Waals surface area contributed by atoms with Crippen molar-refractivity contribution in [2.45, 2.75) is 13.3 Å². The number of nitrogens with zero attached hydrogens (tertiary/aromatic N) is 1. The average molecular weight is 243 g/mol. The zero-order valence-corrected chi connectivity index (χ0v) is 10.7. The molecule has 3 rings (SSSR count). The summed E-state index contributed by atoms with van der Waals surface area (Å²) in [5, 5.41) is 1.08. The van der Waals surface area contributed by atoms with Gasteiger partial charge in [-0.05, 0) is 30.4 Å². The summed E-state index contributed by atoms with van der Waals surface area (Å²) in [5.41, 5.74) is 1.69. The number of hydrogen-bond donors (Lipinski definition) is 0. The molecule has 0 amide bonds. The second kappa shape index (κ2) is 4.16. The second-order valence-electron chi connectivity index (χ2n) is 5.22. The van der Waals surface area contributed by atoms with E-state index in [0.29, 0.717) is 24.1 Å². The molecule has 0 spiro atoms. The second-order valence-corrected chi connectivity index (χ2v) is 5.22. The molecule has 1 aliphatic rings. The van der Waals surface area contributed by atoms with E-state index < -0.39 is 0 Å². The number of para-hydroxylation sites is 1. The largest absolute Gasteiger partial charge is 0.461 e. The molecule has 2 unspecified atom stereocenters. The summed E-state index contributed by atoms with van der Waals surface area (Å²) in [7, 11) is 1.90. The Morgan fingerprint density at radius 1 is 1.44 bits per heavy atom. The first-order valence-electron chi connectivity index (χ1n) is 6.38.